The quantitative estimate of drug-likeness (QED) is 0.462. The normalized spacial score (nSPS) is 12.7. The highest BCUT2D eigenvalue weighted by molar-refractivity contribution is 5.84. The van der Waals surface area contributed by atoms with Crippen molar-refractivity contribution >= 4 is 17.7 Å². The van der Waals surface area contributed by atoms with Gasteiger partial charge < -0.3 is 17.2 Å². The third-order valence-electron chi connectivity index (χ3n) is 2.18. The van der Waals surface area contributed by atoms with Crippen LogP contribution in [-0.4, -0.2) is 41.8 Å². The topological polar surface area (TPSA) is 133 Å². The third kappa shape index (κ3) is 6.52. The highest BCUT2D eigenvalue weighted by Gasteiger charge is 2.27. The van der Waals surface area contributed by atoms with E-state index >= 15 is 0 Å². The molecule has 17 heavy (non-hydrogen) atoms. The van der Waals surface area contributed by atoms with Gasteiger partial charge in [-0.05, 0) is 12.3 Å². The van der Waals surface area contributed by atoms with E-state index in [1.54, 1.807) is 0 Å². The molecule has 0 aliphatic heterocycles. The van der Waals surface area contributed by atoms with Crippen LogP contribution in [0.3, 0.4) is 0 Å². The Kier molecular flexibility index (Phi) is 6.19. The van der Waals surface area contributed by atoms with Crippen molar-refractivity contribution in [1.29, 1.82) is 0 Å². The summed E-state index contributed by atoms with van der Waals surface area (Å²) in [6.45, 7) is 3.37. The van der Waals surface area contributed by atoms with E-state index in [4.69, 9.17) is 17.2 Å². The fraction of sp³-hybridized carbons (Fsp3) is 0.700. The Morgan fingerprint density at radius 3 is 1.65 bits per heavy atom. The van der Waals surface area contributed by atoms with Crippen LogP contribution < -0.4 is 17.2 Å². The second-order valence-electron chi connectivity index (χ2n) is 4.39. The van der Waals surface area contributed by atoms with Crippen molar-refractivity contribution in [2.75, 3.05) is 13.1 Å². The highest BCUT2D eigenvalue weighted by atomic mass is 16.2. The van der Waals surface area contributed by atoms with E-state index in [2.05, 4.69) is 0 Å². The number of carbonyl (C=O) groups excluding carboxylic acids is 3. The maximum absolute atomic E-state index is 11.3. The minimum Gasteiger partial charge on any atom is -0.369 e. The Labute approximate surface area is 100 Å². The molecule has 98 valence electrons. The van der Waals surface area contributed by atoms with Crippen LogP contribution >= 0.6 is 0 Å². The lowest BCUT2D eigenvalue weighted by Gasteiger charge is -2.28. The van der Waals surface area contributed by atoms with Crippen molar-refractivity contribution in [3.05, 3.63) is 0 Å². The van der Waals surface area contributed by atoms with Crippen molar-refractivity contribution in [1.82, 2.24) is 4.90 Å². The first-order valence-electron chi connectivity index (χ1n) is 5.34. The first kappa shape index (κ1) is 15.4. The molecule has 0 rings (SSSR count). The minimum atomic E-state index is -0.713. The molecule has 0 aliphatic rings. The van der Waals surface area contributed by atoms with Gasteiger partial charge in [-0.15, -0.1) is 0 Å². The lowest BCUT2D eigenvalue weighted by atomic mass is 10.0. The van der Waals surface area contributed by atoms with Gasteiger partial charge in [0.05, 0.1) is 19.1 Å². The van der Waals surface area contributed by atoms with Gasteiger partial charge in [-0.1, -0.05) is 13.8 Å². The van der Waals surface area contributed by atoms with Crippen molar-refractivity contribution < 1.29 is 14.4 Å². The molecule has 0 radical (unpaired) electrons. The van der Waals surface area contributed by atoms with Crippen LogP contribution in [0, 0.1) is 5.92 Å². The molecule has 7 nitrogen and oxygen atoms in total. The summed E-state index contributed by atoms with van der Waals surface area (Å²) in [5, 5.41) is 0. The second kappa shape index (κ2) is 6.85. The number of amides is 3. The van der Waals surface area contributed by atoms with Crippen LogP contribution in [0.1, 0.15) is 20.3 Å². The Morgan fingerprint density at radius 1 is 1.00 bits per heavy atom. The number of hydrogen-bond acceptors (Lipinski definition) is 4. The maximum atomic E-state index is 11.3. The molecular weight excluding hydrogens is 224 g/mol. The van der Waals surface area contributed by atoms with Crippen molar-refractivity contribution in [2.45, 2.75) is 26.3 Å². The number of nitrogens with two attached hydrogens (primary N) is 3. The Balaban J connectivity index is 4.84. The van der Waals surface area contributed by atoms with Crippen LogP contribution in [-0.2, 0) is 14.4 Å². The number of primary amides is 3. The SMILES string of the molecule is CC(C)CC(C(N)=O)N(CC(N)=O)CC(N)=O. The zero-order valence-corrected chi connectivity index (χ0v) is 10.2. The molecule has 1 unspecified atom stereocenters. The van der Waals surface area contributed by atoms with Crippen LogP contribution in [0.15, 0.2) is 0 Å². The zero-order valence-electron chi connectivity index (χ0n) is 10.2. The molecule has 0 aromatic carbocycles. The molecule has 3 amide bonds. The lowest BCUT2D eigenvalue weighted by molar-refractivity contribution is -0.128. The van der Waals surface area contributed by atoms with Crippen molar-refractivity contribution in [3.8, 4) is 0 Å². The van der Waals surface area contributed by atoms with Gasteiger partial charge in [-0.25, -0.2) is 0 Å². The van der Waals surface area contributed by atoms with E-state index in [1.165, 1.54) is 4.90 Å². The van der Waals surface area contributed by atoms with Gasteiger partial charge in [0.25, 0.3) is 0 Å². The Morgan fingerprint density at radius 2 is 1.41 bits per heavy atom. The first-order valence-corrected chi connectivity index (χ1v) is 5.34. The summed E-state index contributed by atoms with van der Waals surface area (Å²) in [5.74, 6) is -1.68. The van der Waals surface area contributed by atoms with E-state index in [1.807, 2.05) is 13.8 Å². The summed E-state index contributed by atoms with van der Waals surface area (Å²) in [7, 11) is 0. The second-order valence-corrected chi connectivity index (χ2v) is 4.39. The summed E-state index contributed by atoms with van der Waals surface area (Å²) in [5.41, 5.74) is 15.4. The molecule has 0 fully saturated rings. The number of hydrogen-bond donors (Lipinski definition) is 3. The van der Waals surface area contributed by atoms with Gasteiger partial charge in [0.1, 0.15) is 0 Å². The average molecular weight is 244 g/mol. The molecule has 0 saturated heterocycles. The van der Waals surface area contributed by atoms with Crippen LogP contribution in [0.25, 0.3) is 0 Å². The van der Waals surface area contributed by atoms with Gasteiger partial charge in [-0.2, -0.15) is 0 Å². The summed E-state index contributed by atoms with van der Waals surface area (Å²) < 4.78 is 0. The molecule has 0 aromatic rings. The van der Waals surface area contributed by atoms with Gasteiger partial charge in [0.15, 0.2) is 0 Å². The van der Waals surface area contributed by atoms with E-state index in [-0.39, 0.29) is 19.0 Å². The minimum absolute atomic E-state index is 0.191. The monoisotopic (exact) mass is 244 g/mol. The molecule has 0 aliphatic carbocycles. The number of rotatable bonds is 8. The molecule has 0 bridgehead atoms. The highest BCUT2D eigenvalue weighted by Crippen LogP contribution is 2.11. The van der Waals surface area contributed by atoms with E-state index < -0.39 is 23.8 Å². The number of carbonyl (C=O) groups is 3. The van der Waals surface area contributed by atoms with Crippen LogP contribution in [0.4, 0.5) is 0 Å². The molecule has 0 aromatic heterocycles. The molecule has 0 saturated carbocycles. The molecule has 0 spiro atoms. The first-order chi connectivity index (χ1) is 7.73. The summed E-state index contributed by atoms with van der Waals surface area (Å²) >= 11 is 0. The molecule has 1 atom stereocenters. The summed E-state index contributed by atoms with van der Waals surface area (Å²) in [6.07, 6.45) is 0.440. The van der Waals surface area contributed by atoms with Crippen LogP contribution in [0.2, 0.25) is 0 Å². The fourth-order valence-corrected chi connectivity index (χ4v) is 1.57. The third-order valence-corrected chi connectivity index (χ3v) is 2.18. The average Bonchev–Trinajstić information content (AvgIpc) is 2.10. The zero-order chi connectivity index (χ0) is 13.6. The van der Waals surface area contributed by atoms with Gasteiger partial charge in [0.2, 0.25) is 17.7 Å². The molecular formula is C10H20N4O3. The van der Waals surface area contributed by atoms with Crippen molar-refractivity contribution in [3.63, 3.8) is 0 Å². The predicted molar refractivity (Wildman–Crippen MR) is 62.4 cm³/mol. The Hall–Kier alpha value is -1.63. The summed E-state index contributed by atoms with van der Waals surface area (Å²) in [4.78, 5) is 34.4. The molecule has 7 heteroatoms. The molecule has 0 heterocycles. The van der Waals surface area contributed by atoms with Crippen LogP contribution in [0.5, 0.6) is 0 Å². The smallest absolute Gasteiger partial charge is 0.234 e. The fourth-order valence-electron chi connectivity index (χ4n) is 1.57. The van der Waals surface area contributed by atoms with Crippen molar-refractivity contribution in [2.24, 2.45) is 23.1 Å². The molecule has 6 N–H and O–H groups in total. The lowest BCUT2D eigenvalue weighted by Crippen LogP contribution is -2.51. The van der Waals surface area contributed by atoms with Gasteiger partial charge in [0, 0.05) is 0 Å². The maximum Gasteiger partial charge on any atom is 0.234 e. The number of nitrogens with zero attached hydrogens (tertiary/aromatic N) is 1. The van der Waals surface area contributed by atoms with Gasteiger partial charge >= 0.3 is 0 Å². The summed E-state index contributed by atoms with van der Waals surface area (Å²) in [6, 6.07) is -0.713. The van der Waals surface area contributed by atoms with Gasteiger partial charge in [-0.3, -0.25) is 19.3 Å². The van der Waals surface area contributed by atoms with E-state index in [0.29, 0.717) is 6.42 Å². The standard InChI is InChI=1S/C10H20N4O3/c1-6(2)3-7(10(13)17)14(4-8(11)15)5-9(12)16/h6-7H,3-5H2,1-2H3,(H2,11,15)(H2,12,16)(H2,13,17). The van der Waals surface area contributed by atoms with E-state index in [9.17, 15) is 14.4 Å². The largest absolute Gasteiger partial charge is 0.369 e. The van der Waals surface area contributed by atoms with E-state index in [0.717, 1.165) is 0 Å². The predicted octanol–water partition coefficient (Wildman–Crippen LogP) is -1.84. The Bertz CT molecular complexity index is 288.